The molecule has 3 heterocycles. The fourth-order valence-corrected chi connectivity index (χ4v) is 7.16. The maximum absolute atomic E-state index is 6.23. The molecule has 0 aliphatic carbocycles. The van der Waals surface area contributed by atoms with E-state index in [4.69, 9.17) is 19.4 Å². The number of rotatable bonds is 4. The van der Waals surface area contributed by atoms with Crippen LogP contribution in [0.2, 0.25) is 0 Å². The van der Waals surface area contributed by atoms with Gasteiger partial charge in [0.15, 0.2) is 17.5 Å². The van der Waals surface area contributed by atoms with Gasteiger partial charge in [-0.15, -0.1) is 11.3 Å². The molecule has 3 aromatic heterocycles. The molecule has 44 heavy (non-hydrogen) atoms. The zero-order chi connectivity index (χ0) is 29.0. The third kappa shape index (κ3) is 4.09. The van der Waals surface area contributed by atoms with Gasteiger partial charge >= 0.3 is 0 Å². The van der Waals surface area contributed by atoms with E-state index in [0.29, 0.717) is 17.5 Å². The molecule has 0 bridgehead atoms. The fraction of sp³-hybridized carbons (Fsp3) is 0. The quantitative estimate of drug-likeness (QED) is 0.207. The van der Waals surface area contributed by atoms with Crippen molar-refractivity contribution < 1.29 is 4.42 Å². The number of benzene rings is 6. The Morgan fingerprint density at radius 3 is 1.89 bits per heavy atom. The molecule has 206 valence electrons. The van der Waals surface area contributed by atoms with Gasteiger partial charge in [-0.05, 0) is 41.5 Å². The van der Waals surface area contributed by atoms with Crippen LogP contribution in [0.1, 0.15) is 0 Å². The molecule has 0 amide bonds. The Bertz CT molecular complexity index is 2490. The summed E-state index contributed by atoms with van der Waals surface area (Å²) < 4.78 is 8.68. The number of hydrogen-bond acceptors (Lipinski definition) is 5. The lowest BCUT2D eigenvalue weighted by atomic mass is 10.0. The highest BCUT2D eigenvalue weighted by Gasteiger charge is 2.18. The first-order chi connectivity index (χ1) is 21.8. The summed E-state index contributed by atoms with van der Waals surface area (Å²) in [5.41, 5.74) is 6.80. The van der Waals surface area contributed by atoms with Gasteiger partial charge in [0, 0.05) is 47.6 Å². The van der Waals surface area contributed by atoms with E-state index in [1.807, 2.05) is 30.3 Å². The van der Waals surface area contributed by atoms with E-state index in [0.717, 1.165) is 44.2 Å². The highest BCUT2D eigenvalue weighted by molar-refractivity contribution is 7.25. The summed E-state index contributed by atoms with van der Waals surface area (Å²) in [7, 11) is 0. The molecule has 4 nitrogen and oxygen atoms in total. The summed E-state index contributed by atoms with van der Waals surface area (Å²) >= 11 is 1.79. The lowest BCUT2D eigenvalue weighted by Crippen LogP contribution is -2.00. The number of nitrogens with zero attached hydrogens (tertiary/aromatic N) is 3. The highest BCUT2D eigenvalue weighted by atomic mass is 32.1. The van der Waals surface area contributed by atoms with Gasteiger partial charge in [-0.25, -0.2) is 15.0 Å². The minimum atomic E-state index is 0.607. The normalized spacial score (nSPS) is 11.6. The van der Waals surface area contributed by atoms with Crippen molar-refractivity contribution in [3.05, 3.63) is 140 Å². The molecule has 0 aliphatic heterocycles. The minimum Gasteiger partial charge on any atom is -0.456 e. The summed E-state index contributed by atoms with van der Waals surface area (Å²) in [6.45, 7) is 0. The van der Waals surface area contributed by atoms with E-state index in [9.17, 15) is 0 Å². The first-order valence-electron chi connectivity index (χ1n) is 14.5. The smallest absolute Gasteiger partial charge is 0.164 e. The van der Waals surface area contributed by atoms with Gasteiger partial charge in [0.25, 0.3) is 0 Å². The van der Waals surface area contributed by atoms with Crippen LogP contribution in [0.25, 0.3) is 87.4 Å². The Hall–Kier alpha value is -5.65. The third-order valence-electron chi connectivity index (χ3n) is 8.17. The zero-order valence-electron chi connectivity index (χ0n) is 23.4. The second-order valence-corrected chi connectivity index (χ2v) is 11.9. The predicted octanol–water partition coefficient (Wildman–Crippen LogP) is 10.8. The average Bonchev–Trinajstić information content (AvgIpc) is 3.66. The summed E-state index contributed by atoms with van der Waals surface area (Å²) in [4.78, 5) is 15.2. The van der Waals surface area contributed by atoms with E-state index < -0.39 is 0 Å². The molecule has 0 aliphatic rings. The van der Waals surface area contributed by atoms with E-state index in [-0.39, 0.29) is 0 Å². The first kappa shape index (κ1) is 24.9. The largest absolute Gasteiger partial charge is 0.456 e. The maximum atomic E-state index is 6.23. The van der Waals surface area contributed by atoms with Gasteiger partial charge in [0.05, 0.1) is 0 Å². The molecule has 9 rings (SSSR count). The van der Waals surface area contributed by atoms with Crippen molar-refractivity contribution in [2.75, 3.05) is 0 Å². The molecule has 0 N–H and O–H groups in total. The molecule has 0 unspecified atom stereocenters. The number of aromatic nitrogens is 3. The Balaban J connectivity index is 1.25. The molecular weight excluding hydrogens is 559 g/mol. The van der Waals surface area contributed by atoms with Crippen LogP contribution in [-0.4, -0.2) is 15.0 Å². The Kier molecular flexibility index (Phi) is 5.64. The van der Waals surface area contributed by atoms with Crippen molar-refractivity contribution in [2.45, 2.75) is 0 Å². The lowest BCUT2D eigenvalue weighted by molar-refractivity contribution is 0.669. The van der Waals surface area contributed by atoms with E-state index in [1.165, 1.54) is 25.7 Å². The topological polar surface area (TPSA) is 51.8 Å². The van der Waals surface area contributed by atoms with Crippen LogP contribution in [-0.2, 0) is 0 Å². The second kappa shape index (κ2) is 9.97. The van der Waals surface area contributed by atoms with E-state index in [1.54, 1.807) is 11.3 Å². The van der Waals surface area contributed by atoms with Gasteiger partial charge in [-0.1, -0.05) is 109 Å². The van der Waals surface area contributed by atoms with Gasteiger partial charge in [0.2, 0.25) is 0 Å². The van der Waals surface area contributed by atoms with E-state index >= 15 is 0 Å². The standard InChI is InChI=1S/C39H23N3OS/c1-2-9-24(10-3-1)25-17-19-26(20-18-25)37-40-38(27-21-22-29-28-11-4-6-14-32(28)43-33(29)23-27)42-39(41-37)31-13-8-16-35-36(31)30-12-5-7-15-34(30)44-35/h1-23H. The van der Waals surface area contributed by atoms with Crippen LogP contribution >= 0.6 is 11.3 Å². The van der Waals surface area contributed by atoms with Crippen molar-refractivity contribution in [3.63, 3.8) is 0 Å². The molecule has 9 aromatic rings. The van der Waals surface area contributed by atoms with Gasteiger partial charge in [-0.2, -0.15) is 0 Å². The number of hydrogen-bond donors (Lipinski definition) is 0. The number of fused-ring (bicyclic) bond motifs is 6. The monoisotopic (exact) mass is 581 g/mol. The summed E-state index contributed by atoms with van der Waals surface area (Å²) in [6.07, 6.45) is 0. The van der Waals surface area contributed by atoms with Crippen LogP contribution in [0.5, 0.6) is 0 Å². The number of thiophene rings is 1. The minimum absolute atomic E-state index is 0.607. The van der Waals surface area contributed by atoms with Crippen LogP contribution in [0.4, 0.5) is 0 Å². The van der Waals surface area contributed by atoms with Crippen molar-refractivity contribution in [2.24, 2.45) is 0 Å². The molecule has 0 atom stereocenters. The molecule has 6 aromatic carbocycles. The highest BCUT2D eigenvalue weighted by Crippen LogP contribution is 2.40. The molecule has 0 saturated heterocycles. The van der Waals surface area contributed by atoms with Gasteiger partial charge in [-0.3, -0.25) is 0 Å². The lowest BCUT2D eigenvalue weighted by Gasteiger charge is -2.10. The predicted molar refractivity (Wildman–Crippen MR) is 182 cm³/mol. The van der Waals surface area contributed by atoms with Crippen molar-refractivity contribution in [1.29, 1.82) is 0 Å². The van der Waals surface area contributed by atoms with Crippen LogP contribution in [0.15, 0.2) is 144 Å². The number of furan rings is 1. The fourth-order valence-electron chi connectivity index (χ4n) is 6.02. The van der Waals surface area contributed by atoms with Gasteiger partial charge in [0.1, 0.15) is 11.2 Å². The molecule has 5 heteroatoms. The van der Waals surface area contributed by atoms with Crippen LogP contribution in [0, 0.1) is 0 Å². The molecular formula is C39H23N3OS. The third-order valence-corrected chi connectivity index (χ3v) is 9.30. The Morgan fingerprint density at radius 1 is 0.409 bits per heavy atom. The summed E-state index contributed by atoms with van der Waals surface area (Å²) in [5, 5.41) is 4.55. The summed E-state index contributed by atoms with van der Waals surface area (Å²) in [6, 6.07) is 48.1. The molecule has 0 spiro atoms. The van der Waals surface area contributed by atoms with Crippen molar-refractivity contribution in [1.82, 2.24) is 15.0 Å². The first-order valence-corrected chi connectivity index (χ1v) is 15.3. The second-order valence-electron chi connectivity index (χ2n) is 10.8. The molecule has 0 fully saturated rings. The van der Waals surface area contributed by atoms with Crippen molar-refractivity contribution in [3.8, 4) is 45.3 Å². The Labute approximate surface area is 256 Å². The average molecular weight is 582 g/mol. The molecule has 0 saturated carbocycles. The van der Waals surface area contributed by atoms with Gasteiger partial charge < -0.3 is 4.42 Å². The van der Waals surface area contributed by atoms with Crippen LogP contribution in [0.3, 0.4) is 0 Å². The Morgan fingerprint density at radius 2 is 1.02 bits per heavy atom. The summed E-state index contributed by atoms with van der Waals surface area (Å²) in [5.74, 6) is 1.89. The van der Waals surface area contributed by atoms with Crippen LogP contribution < -0.4 is 0 Å². The van der Waals surface area contributed by atoms with Crippen molar-refractivity contribution >= 4 is 53.4 Å². The van der Waals surface area contributed by atoms with E-state index in [2.05, 4.69) is 109 Å². The zero-order valence-corrected chi connectivity index (χ0v) is 24.3. The number of para-hydroxylation sites is 1. The SMILES string of the molecule is c1ccc(-c2ccc(-c3nc(-c4ccc5c(c4)oc4ccccc45)nc(-c4cccc5sc6ccccc6c45)n3)cc2)cc1. The molecule has 0 radical (unpaired) electrons. The maximum Gasteiger partial charge on any atom is 0.164 e.